The number of fused-ring (bicyclic) bond motifs is 1. The second-order valence-corrected chi connectivity index (χ2v) is 7.58. The highest BCUT2D eigenvalue weighted by atomic mass is 79.9. The second kappa shape index (κ2) is 6.81. The fraction of sp³-hybridized carbons (Fsp3) is 0.375. The molecule has 0 aliphatic carbocycles. The first kappa shape index (κ1) is 14.9. The van der Waals surface area contributed by atoms with E-state index in [2.05, 4.69) is 52.4 Å². The van der Waals surface area contributed by atoms with Crippen LogP contribution in [-0.2, 0) is 6.42 Å². The molecule has 1 aliphatic heterocycles. The molecule has 1 aliphatic rings. The van der Waals surface area contributed by atoms with E-state index in [4.69, 9.17) is 9.47 Å². The van der Waals surface area contributed by atoms with E-state index in [-0.39, 0.29) is 0 Å². The van der Waals surface area contributed by atoms with Gasteiger partial charge in [0.1, 0.15) is 13.2 Å². The van der Waals surface area contributed by atoms with Crippen LogP contribution in [0.5, 0.6) is 11.5 Å². The molecule has 0 amide bonds. The summed E-state index contributed by atoms with van der Waals surface area (Å²) in [5.74, 6) is 1.70. The summed E-state index contributed by atoms with van der Waals surface area (Å²) in [5.41, 5.74) is 1.23. The van der Waals surface area contributed by atoms with Crippen LogP contribution in [0.1, 0.15) is 23.4 Å². The molecule has 0 saturated heterocycles. The van der Waals surface area contributed by atoms with Crippen LogP contribution < -0.4 is 14.8 Å². The largest absolute Gasteiger partial charge is 0.486 e. The molecule has 0 fully saturated rings. The SMILES string of the molecule is CC(NCCc1ccc(Br)s1)c1ccc2c(c1)OCCO2. The van der Waals surface area contributed by atoms with E-state index in [1.807, 2.05) is 6.07 Å². The van der Waals surface area contributed by atoms with Gasteiger partial charge in [-0.25, -0.2) is 0 Å². The van der Waals surface area contributed by atoms with Crippen molar-refractivity contribution in [2.24, 2.45) is 0 Å². The predicted octanol–water partition coefficient (Wildman–Crippen LogP) is 4.18. The van der Waals surface area contributed by atoms with Crippen molar-refractivity contribution in [1.82, 2.24) is 5.32 Å². The van der Waals surface area contributed by atoms with Gasteiger partial charge in [-0.3, -0.25) is 0 Å². The van der Waals surface area contributed by atoms with Gasteiger partial charge in [-0.05, 0) is 59.1 Å². The van der Waals surface area contributed by atoms with Crippen LogP contribution in [0.3, 0.4) is 0 Å². The van der Waals surface area contributed by atoms with Gasteiger partial charge in [0.25, 0.3) is 0 Å². The molecule has 1 N–H and O–H groups in total. The van der Waals surface area contributed by atoms with Crippen LogP contribution in [0.25, 0.3) is 0 Å². The number of nitrogens with one attached hydrogen (secondary N) is 1. The first-order chi connectivity index (χ1) is 10.2. The van der Waals surface area contributed by atoms with E-state index in [1.165, 1.54) is 14.2 Å². The molecule has 0 spiro atoms. The van der Waals surface area contributed by atoms with E-state index in [1.54, 1.807) is 11.3 Å². The molecule has 2 aromatic rings. The Bertz CT molecular complexity index is 614. The van der Waals surface area contributed by atoms with E-state index in [0.29, 0.717) is 19.3 Å². The van der Waals surface area contributed by atoms with Gasteiger partial charge in [-0.1, -0.05) is 6.07 Å². The van der Waals surface area contributed by atoms with Crippen LogP contribution in [0.4, 0.5) is 0 Å². The van der Waals surface area contributed by atoms with Gasteiger partial charge in [0.15, 0.2) is 11.5 Å². The summed E-state index contributed by atoms with van der Waals surface area (Å²) in [5, 5.41) is 3.56. The topological polar surface area (TPSA) is 30.5 Å². The van der Waals surface area contributed by atoms with Crippen molar-refractivity contribution in [1.29, 1.82) is 0 Å². The van der Waals surface area contributed by atoms with Crippen LogP contribution in [0.2, 0.25) is 0 Å². The number of hydrogen-bond acceptors (Lipinski definition) is 4. The molecular formula is C16H18BrNO2S. The molecule has 5 heteroatoms. The van der Waals surface area contributed by atoms with Gasteiger partial charge in [-0.15, -0.1) is 11.3 Å². The fourth-order valence-electron chi connectivity index (χ4n) is 2.35. The third-order valence-corrected chi connectivity index (χ3v) is 5.20. The van der Waals surface area contributed by atoms with Crippen molar-refractivity contribution in [3.8, 4) is 11.5 Å². The summed E-state index contributed by atoms with van der Waals surface area (Å²) >= 11 is 5.29. The molecule has 2 heterocycles. The highest BCUT2D eigenvalue weighted by Gasteiger charge is 2.14. The first-order valence-electron chi connectivity index (χ1n) is 7.09. The lowest BCUT2D eigenvalue weighted by atomic mass is 10.1. The Labute approximate surface area is 137 Å². The summed E-state index contributed by atoms with van der Waals surface area (Å²) < 4.78 is 12.4. The zero-order valence-corrected chi connectivity index (χ0v) is 14.3. The molecule has 1 aromatic carbocycles. The summed E-state index contributed by atoms with van der Waals surface area (Å²) in [7, 11) is 0. The average Bonchev–Trinajstić information content (AvgIpc) is 2.92. The molecule has 21 heavy (non-hydrogen) atoms. The van der Waals surface area contributed by atoms with E-state index in [0.717, 1.165) is 24.5 Å². The monoisotopic (exact) mass is 367 g/mol. The number of thiophene rings is 1. The Morgan fingerprint density at radius 1 is 1.19 bits per heavy atom. The maximum atomic E-state index is 5.63. The summed E-state index contributed by atoms with van der Waals surface area (Å²) in [6, 6.07) is 10.7. The Balaban J connectivity index is 1.56. The van der Waals surface area contributed by atoms with E-state index < -0.39 is 0 Å². The lowest BCUT2D eigenvalue weighted by Gasteiger charge is -2.21. The molecule has 0 bridgehead atoms. The molecule has 1 atom stereocenters. The highest BCUT2D eigenvalue weighted by molar-refractivity contribution is 9.11. The molecule has 3 nitrogen and oxygen atoms in total. The molecular weight excluding hydrogens is 350 g/mol. The van der Waals surface area contributed by atoms with Gasteiger partial charge in [0.2, 0.25) is 0 Å². The quantitative estimate of drug-likeness (QED) is 0.859. The fourth-order valence-corrected chi connectivity index (χ4v) is 3.83. The Hall–Kier alpha value is -1.04. The van der Waals surface area contributed by atoms with Gasteiger partial charge in [0.05, 0.1) is 3.79 Å². The van der Waals surface area contributed by atoms with Gasteiger partial charge < -0.3 is 14.8 Å². The normalized spacial score (nSPS) is 15.0. The van der Waals surface area contributed by atoms with Crippen molar-refractivity contribution in [2.75, 3.05) is 19.8 Å². The molecule has 0 saturated carbocycles. The lowest BCUT2D eigenvalue weighted by molar-refractivity contribution is 0.171. The molecule has 3 rings (SSSR count). The maximum Gasteiger partial charge on any atom is 0.161 e. The Morgan fingerprint density at radius 3 is 2.76 bits per heavy atom. The minimum Gasteiger partial charge on any atom is -0.486 e. The zero-order chi connectivity index (χ0) is 14.7. The number of hydrogen-bond donors (Lipinski definition) is 1. The van der Waals surface area contributed by atoms with Gasteiger partial charge in [-0.2, -0.15) is 0 Å². The molecule has 0 radical (unpaired) electrons. The number of ether oxygens (including phenoxy) is 2. The van der Waals surface area contributed by atoms with Gasteiger partial charge >= 0.3 is 0 Å². The van der Waals surface area contributed by atoms with Crippen molar-refractivity contribution >= 4 is 27.3 Å². The number of halogens is 1. The third-order valence-electron chi connectivity index (χ3n) is 3.52. The standard InChI is InChI=1S/C16H18BrNO2S/c1-11(18-7-6-13-3-5-16(17)21-13)12-2-4-14-15(10-12)20-9-8-19-14/h2-5,10-11,18H,6-9H2,1H3. The zero-order valence-electron chi connectivity index (χ0n) is 11.9. The smallest absolute Gasteiger partial charge is 0.161 e. The van der Waals surface area contributed by atoms with Crippen molar-refractivity contribution in [3.63, 3.8) is 0 Å². The van der Waals surface area contributed by atoms with Crippen molar-refractivity contribution in [3.05, 3.63) is 44.6 Å². The van der Waals surface area contributed by atoms with E-state index in [9.17, 15) is 0 Å². The van der Waals surface area contributed by atoms with Crippen LogP contribution >= 0.6 is 27.3 Å². The average molecular weight is 368 g/mol. The molecule has 1 unspecified atom stereocenters. The van der Waals surface area contributed by atoms with Crippen molar-refractivity contribution < 1.29 is 9.47 Å². The minimum atomic E-state index is 0.296. The third kappa shape index (κ3) is 3.78. The van der Waals surface area contributed by atoms with Crippen molar-refractivity contribution in [2.45, 2.75) is 19.4 Å². The molecule has 112 valence electrons. The summed E-state index contributed by atoms with van der Waals surface area (Å²) in [4.78, 5) is 1.39. The Morgan fingerprint density at radius 2 is 2.00 bits per heavy atom. The van der Waals surface area contributed by atoms with E-state index >= 15 is 0 Å². The Kier molecular flexibility index (Phi) is 4.83. The summed E-state index contributed by atoms with van der Waals surface area (Å²) in [6.07, 6.45) is 1.05. The van der Waals surface area contributed by atoms with Crippen LogP contribution in [-0.4, -0.2) is 19.8 Å². The predicted molar refractivity (Wildman–Crippen MR) is 89.6 cm³/mol. The first-order valence-corrected chi connectivity index (χ1v) is 8.70. The lowest BCUT2D eigenvalue weighted by Crippen LogP contribution is -2.21. The van der Waals surface area contributed by atoms with Crippen LogP contribution in [0.15, 0.2) is 34.1 Å². The second-order valence-electron chi connectivity index (χ2n) is 5.03. The van der Waals surface area contributed by atoms with Gasteiger partial charge in [0, 0.05) is 17.5 Å². The maximum absolute atomic E-state index is 5.63. The highest BCUT2D eigenvalue weighted by Crippen LogP contribution is 2.32. The number of rotatable bonds is 5. The minimum absolute atomic E-state index is 0.296. The number of benzene rings is 1. The van der Waals surface area contributed by atoms with Crippen LogP contribution in [0, 0.1) is 0 Å². The summed E-state index contributed by atoms with van der Waals surface area (Å²) in [6.45, 7) is 4.40. The molecule has 1 aromatic heterocycles.